The third kappa shape index (κ3) is 4.57. The minimum absolute atomic E-state index is 0.0209. The van der Waals surface area contributed by atoms with E-state index in [0.29, 0.717) is 29.6 Å². The quantitative estimate of drug-likeness (QED) is 0.222. The predicted octanol–water partition coefficient (Wildman–Crippen LogP) is 6.09. The summed E-state index contributed by atoms with van der Waals surface area (Å²) in [5.74, 6) is 2.29. The van der Waals surface area contributed by atoms with Gasteiger partial charge in [-0.05, 0) is 80.0 Å². The highest BCUT2D eigenvalue weighted by Crippen LogP contribution is 2.46. The van der Waals surface area contributed by atoms with E-state index in [2.05, 4.69) is 37.3 Å². The summed E-state index contributed by atoms with van der Waals surface area (Å²) in [6.45, 7) is 4.85. The summed E-state index contributed by atoms with van der Waals surface area (Å²) in [6.07, 6.45) is 10.4. The van der Waals surface area contributed by atoms with Gasteiger partial charge < -0.3 is 14.5 Å². The zero-order chi connectivity index (χ0) is 30.8. The van der Waals surface area contributed by atoms with Crippen molar-refractivity contribution in [3.8, 4) is 21.9 Å². The van der Waals surface area contributed by atoms with Crippen molar-refractivity contribution in [2.75, 3.05) is 18.5 Å². The molecule has 6 aromatic rings. The fourth-order valence-electron chi connectivity index (χ4n) is 7.53. The first-order valence-electron chi connectivity index (χ1n) is 16.3. The van der Waals surface area contributed by atoms with Crippen LogP contribution < -0.4 is 10.9 Å². The molecule has 2 aliphatic heterocycles. The molecule has 234 valence electrons. The Labute approximate surface area is 268 Å². The molecule has 8 heterocycles. The maximum atomic E-state index is 14.1. The van der Waals surface area contributed by atoms with Crippen LogP contribution in [0, 0.1) is 12.8 Å². The minimum atomic E-state index is -0.0209. The third-order valence-corrected chi connectivity index (χ3v) is 11.0. The molecule has 1 atom stereocenters. The van der Waals surface area contributed by atoms with Crippen LogP contribution in [0.5, 0.6) is 0 Å². The molecule has 0 radical (unpaired) electrons. The SMILES string of the molecule is Cc1nnc(-c2c(CCC3CCOCC3)nc3c(c2-c2cc4ccnc(NC5CCc6ncccc65)c4s2)c(=O)n2n3CCC2)o1. The Morgan fingerprint density at radius 1 is 1.04 bits per heavy atom. The molecule has 6 aromatic heterocycles. The molecule has 46 heavy (non-hydrogen) atoms. The van der Waals surface area contributed by atoms with Crippen LogP contribution in [0.2, 0.25) is 0 Å². The summed E-state index contributed by atoms with van der Waals surface area (Å²) in [5.41, 5.74) is 5.59. The minimum Gasteiger partial charge on any atom is -0.421 e. The van der Waals surface area contributed by atoms with Gasteiger partial charge in [0.25, 0.3) is 5.56 Å². The van der Waals surface area contributed by atoms with Gasteiger partial charge in [-0.15, -0.1) is 21.5 Å². The van der Waals surface area contributed by atoms with Crippen molar-refractivity contribution in [3.63, 3.8) is 0 Å². The van der Waals surface area contributed by atoms with Crippen molar-refractivity contribution in [1.82, 2.24) is 34.5 Å². The van der Waals surface area contributed by atoms with Gasteiger partial charge in [-0.3, -0.25) is 14.5 Å². The lowest BCUT2D eigenvalue weighted by Crippen LogP contribution is -2.17. The van der Waals surface area contributed by atoms with Crippen molar-refractivity contribution in [2.45, 2.75) is 71.0 Å². The van der Waals surface area contributed by atoms with Crippen LogP contribution in [0.1, 0.15) is 61.0 Å². The van der Waals surface area contributed by atoms with E-state index >= 15 is 0 Å². The molecule has 12 heteroatoms. The fourth-order valence-corrected chi connectivity index (χ4v) is 8.70. The maximum Gasteiger partial charge on any atom is 0.276 e. The zero-order valence-electron chi connectivity index (χ0n) is 25.7. The van der Waals surface area contributed by atoms with E-state index in [0.717, 1.165) is 114 Å². The first-order valence-corrected chi connectivity index (χ1v) is 17.1. The number of nitrogens with zero attached hydrogens (tertiary/aromatic N) is 7. The monoisotopic (exact) mass is 634 g/mol. The molecule has 1 aliphatic carbocycles. The second-order valence-electron chi connectivity index (χ2n) is 12.6. The topological polar surface area (TPSA) is 126 Å². The van der Waals surface area contributed by atoms with Gasteiger partial charge in [0.15, 0.2) is 5.65 Å². The summed E-state index contributed by atoms with van der Waals surface area (Å²) < 4.78 is 16.7. The highest BCUT2D eigenvalue weighted by molar-refractivity contribution is 7.23. The largest absolute Gasteiger partial charge is 0.421 e. The molecule has 11 nitrogen and oxygen atoms in total. The van der Waals surface area contributed by atoms with E-state index in [9.17, 15) is 4.79 Å². The normalized spacial score (nSPS) is 18.1. The molecule has 0 saturated carbocycles. The van der Waals surface area contributed by atoms with Gasteiger partial charge >= 0.3 is 0 Å². The van der Waals surface area contributed by atoms with Crippen LogP contribution in [0.25, 0.3) is 43.0 Å². The number of hydrogen-bond donors (Lipinski definition) is 1. The smallest absolute Gasteiger partial charge is 0.276 e. The van der Waals surface area contributed by atoms with Gasteiger partial charge in [0, 0.05) is 61.8 Å². The van der Waals surface area contributed by atoms with Gasteiger partial charge in [0.1, 0.15) is 5.82 Å². The Hall–Kier alpha value is -4.42. The first-order chi connectivity index (χ1) is 22.6. The molecule has 1 N–H and O–H groups in total. The van der Waals surface area contributed by atoms with Crippen molar-refractivity contribution in [1.29, 1.82) is 0 Å². The Bertz CT molecular complexity index is 2170. The second-order valence-corrected chi connectivity index (χ2v) is 13.6. The highest BCUT2D eigenvalue weighted by Gasteiger charge is 2.31. The average Bonchev–Trinajstić information content (AvgIpc) is 3.92. The molecular formula is C34H34N8O3S. The number of anilines is 1. The van der Waals surface area contributed by atoms with Crippen molar-refractivity contribution in [3.05, 3.63) is 69.9 Å². The van der Waals surface area contributed by atoms with Gasteiger partial charge in [-0.1, -0.05) is 6.07 Å². The Morgan fingerprint density at radius 3 is 2.80 bits per heavy atom. The van der Waals surface area contributed by atoms with E-state index in [1.807, 2.05) is 29.2 Å². The first kappa shape index (κ1) is 27.9. The van der Waals surface area contributed by atoms with Crippen LogP contribution in [0.3, 0.4) is 0 Å². The number of fused-ring (bicyclic) bond motifs is 5. The highest BCUT2D eigenvalue weighted by atomic mass is 32.1. The molecular weight excluding hydrogens is 600 g/mol. The number of aromatic nitrogens is 7. The van der Waals surface area contributed by atoms with Crippen LogP contribution >= 0.6 is 11.3 Å². The molecule has 0 bridgehead atoms. The number of rotatable bonds is 7. The van der Waals surface area contributed by atoms with Crippen LogP contribution in [-0.2, 0) is 30.7 Å². The summed E-state index contributed by atoms with van der Waals surface area (Å²) in [4.78, 5) is 29.7. The zero-order valence-corrected chi connectivity index (χ0v) is 26.5. The van der Waals surface area contributed by atoms with E-state index < -0.39 is 0 Å². The number of pyridine rings is 3. The molecule has 3 aliphatic rings. The number of hydrogen-bond acceptors (Lipinski definition) is 10. The second kappa shape index (κ2) is 11.1. The average molecular weight is 635 g/mol. The van der Waals surface area contributed by atoms with Crippen LogP contribution in [-0.4, -0.2) is 47.7 Å². The Balaban J connectivity index is 1.23. The number of thiophene rings is 1. The third-order valence-electron chi connectivity index (χ3n) is 9.81. The van der Waals surface area contributed by atoms with Crippen LogP contribution in [0.15, 0.2) is 45.9 Å². The summed E-state index contributed by atoms with van der Waals surface area (Å²) in [5, 5.41) is 14.1. The summed E-state index contributed by atoms with van der Waals surface area (Å²) in [6, 6.07) is 8.51. The standard InChI is InChI=1S/C34H34N8O3S/c1-19-39-40-33(45-19)27-25(6-5-20-10-16-44-17-11-20)38-32-29(34(43)42-15-3-14-41(32)42)28(27)26-18-21-9-13-36-31(30(21)46-26)37-24-8-7-23-22(24)4-2-12-35-23/h2,4,9,12-13,18,20,24H,3,5-8,10-11,14-17H2,1H3,(H,36,37). The van der Waals surface area contributed by atoms with E-state index in [1.54, 1.807) is 18.3 Å². The molecule has 1 unspecified atom stereocenters. The Morgan fingerprint density at radius 2 is 1.93 bits per heavy atom. The lowest BCUT2D eigenvalue weighted by molar-refractivity contribution is 0.0639. The maximum absolute atomic E-state index is 14.1. The number of aryl methyl sites for hydroxylation is 4. The van der Waals surface area contributed by atoms with E-state index in [-0.39, 0.29) is 11.6 Å². The molecule has 0 spiro atoms. The van der Waals surface area contributed by atoms with Crippen molar-refractivity contribution in [2.24, 2.45) is 5.92 Å². The number of nitrogens with one attached hydrogen (secondary N) is 1. The molecule has 9 rings (SSSR count). The van der Waals surface area contributed by atoms with E-state index in [1.165, 1.54) is 5.56 Å². The molecule has 1 fully saturated rings. The van der Waals surface area contributed by atoms with Gasteiger partial charge in [-0.2, -0.15) is 0 Å². The molecule has 0 amide bonds. The number of ether oxygens (including phenoxy) is 1. The van der Waals surface area contributed by atoms with E-state index in [4.69, 9.17) is 19.1 Å². The van der Waals surface area contributed by atoms with Crippen molar-refractivity contribution >= 4 is 38.3 Å². The molecule has 1 saturated heterocycles. The summed E-state index contributed by atoms with van der Waals surface area (Å²) >= 11 is 1.64. The van der Waals surface area contributed by atoms with Gasteiger partial charge in [-0.25, -0.2) is 14.6 Å². The lowest BCUT2D eigenvalue weighted by atomic mass is 9.91. The Kier molecular flexibility index (Phi) is 6.74. The van der Waals surface area contributed by atoms with Crippen LogP contribution in [0.4, 0.5) is 5.82 Å². The predicted molar refractivity (Wildman–Crippen MR) is 176 cm³/mol. The summed E-state index contributed by atoms with van der Waals surface area (Å²) in [7, 11) is 0. The fraction of sp³-hybridized carbons (Fsp3) is 0.412. The van der Waals surface area contributed by atoms with Gasteiger partial charge in [0.2, 0.25) is 11.8 Å². The molecule has 0 aromatic carbocycles. The van der Waals surface area contributed by atoms with Gasteiger partial charge in [0.05, 0.1) is 27.4 Å². The van der Waals surface area contributed by atoms with Crippen molar-refractivity contribution < 1.29 is 9.15 Å². The lowest BCUT2D eigenvalue weighted by Gasteiger charge is -2.22.